The summed E-state index contributed by atoms with van der Waals surface area (Å²) in [5, 5.41) is 15.1. The molecule has 2 heterocycles. The van der Waals surface area contributed by atoms with Crippen LogP contribution in [0.4, 0.5) is 10.5 Å². The summed E-state index contributed by atoms with van der Waals surface area (Å²) in [6, 6.07) is 1.32. The van der Waals surface area contributed by atoms with Crippen LogP contribution in [0, 0.1) is 6.92 Å². The Kier molecular flexibility index (Phi) is 12.3. The molecule has 0 aromatic carbocycles. The third kappa shape index (κ3) is 11.2. The van der Waals surface area contributed by atoms with Gasteiger partial charge in [0.25, 0.3) is 11.5 Å². The summed E-state index contributed by atoms with van der Waals surface area (Å²) in [4.78, 5) is 38.1. The smallest absolute Gasteiger partial charge is 0.331 e. The van der Waals surface area contributed by atoms with E-state index in [2.05, 4.69) is 26.6 Å². The summed E-state index contributed by atoms with van der Waals surface area (Å²) in [6.45, 7) is 6.90. The number of amides is 3. The number of aromatic amines is 1. The van der Waals surface area contributed by atoms with Gasteiger partial charge in [0, 0.05) is 11.6 Å². The highest BCUT2D eigenvalue weighted by molar-refractivity contribution is 7.82. The number of aromatic nitrogens is 2. The molecule has 1 atom stereocenters. The second-order valence-electron chi connectivity index (χ2n) is 5.00. The SMILES string of the molecule is C=C/C=C\C.CS(=O)NC(=O)Nc1ccsc1.Cc1nc(C(N)=O)c(O)c(=O)[nH]1. The van der Waals surface area contributed by atoms with Crippen LogP contribution in [0.5, 0.6) is 5.75 Å². The van der Waals surface area contributed by atoms with Crippen LogP contribution in [-0.4, -0.2) is 37.5 Å². The number of allylic oxidation sites excluding steroid dienone is 3. The van der Waals surface area contributed by atoms with Crippen molar-refractivity contribution in [2.45, 2.75) is 13.8 Å². The minimum Gasteiger partial charge on any atom is -0.501 e. The van der Waals surface area contributed by atoms with Crippen LogP contribution in [0.2, 0.25) is 0 Å². The molecule has 29 heavy (non-hydrogen) atoms. The number of primary amides is 1. The van der Waals surface area contributed by atoms with E-state index in [9.17, 15) is 18.6 Å². The van der Waals surface area contributed by atoms with Gasteiger partial charge in [0.15, 0.2) is 5.69 Å². The molecule has 2 rings (SSSR count). The van der Waals surface area contributed by atoms with Gasteiger partial charge in [0.1, 0.15) is 16.8 Å². The van der Waals surface area contributed by atoms with Crippen molar-refractivity contribution in [2.75, 3.05) is 11.6 Å². The number of nitrogens with zero attached hydrogens (tertiary/aromatic N) is 1. The third-order valence-electron chi connectivity index (χ3n) is 2.59. The standard InChI is InChI=1S/C6H7N3O3.C6H8N2O2S2.C5H8/c1-2-8-3(5(7)11)4(10)6(12)9-2;1-12(10)8-6(9)7-5-2-3-11-4-5;1-3-5-4-2/h10H,1H3,(H2,7,11)(H,8,9,12);2-4H,1H3,(H2,7,8,9);3-5H,1H2,2H3/b;;5-4-. The van der Waals surface area contributed by atoms with Crippen LogP contribution < -0.4 is 21.3 Å². The van der Waals surface area contributed by atoms with Crippen molar-refractivity contribution >= 4 is 39.9 Å². The molecule has 0 saturated heterocycles. The Labute approximate surface area is 174 Å². The minimum absolute atomic E-state index is 0.228. The number of urea groups is 1. The molecule has 0 radical (unpaired) electrons. The first-order chi connectivity index (χ1) is 13.6. The van der Waals surface area contributed by atoms with Crippen molar-refractivity contribution in [3.8, 4) is 5.75 Å². The van der Waals surface area contributed by atoms with Crippen LogP contribution in [0.1, 0.15) is 23.2 Å². The van der Waals surface area contributed by atoms with Crippen LogP contribution in [0.15, 0.2) is 46.4 Å². The van der Waals surface area contributed by atoms with Crippen molar-refractivity contribution in [1.29, 1.82) is 0 Å². The number of aryl methyl sites for hydroxylation is 1. The Morgan fingerprint density at radius 3 is 2.52 bits per heavy atom. The quantitative estimate of drug-likeness (QED) is 0.453. The summed E-state index contributed by atoms with van der Waals surface area (Å²) in [5.74, 6) is -1.44. The number of aromatic hydroxyl groups is 1. The maximum atomic E-state index is 10.9. The molecule has 12 heteroatoms. The van der Waals surface area contributed by atoms with E-state index in [-0.39, 0.29) is 5.82 Å². The molecule has 0 aliphatic heterocycles. The Hall–Kier alpha value is -3.25. The molecular weight excluding hydrogens is 418 g/mol. The van der Waals surface area contributed by atoms with Crippen molar-refractivity contribution in [3.05, 3.63) is 63.5 Å². The van der Waals surface area contributed by atoms with Crippen LogP contribution in [0.3, 0.4) is 0 Å². The third-order valence-corrected chi connectivity index (χ3v) is 3.75. The van der Waals surface area contributed by atoms with E-state index in [0.717, 1.165) is 0 Å². The number of hydrogen-bond acceptors (Lipinski definition) is 7. The maximum absolute atomic E-state index is 10.9. The zero-order valence-electron chi connectivity index (χ0n) is 16.1. The summed E-state index contributed by atoms with van der Waals surface area (Å²) in [5.41, 5.74) is 4.38. The Bertz CT molecular complexity index is 923. The second kappa shape index (κ2) is 13.8. The van der Waals surface area contributed by atoms with Gasteiger partial charge in [-0.25, -0.2) is 14.0 Å². The first-order valence-corrected chi connectivity index (χ1v) is 10.4. The largest absolute Gasteiger partial charge is 0.501 e. The van der Waals surface area contributed by atoms with Gasteiger partial charge in [-0.2, -0.15) is 11.3 Å². The molecular formula is C17H23N5O5S2. The molecule has 0 aliphatic rings. The van der Waals surface area contributed by atoms with Crippen molar-refractivity contribution in [1.82, 2.24) is 14.7 Å². The fourth-order valence-electron chi connectivity index (χ4n) is 1.51. The molecule has 6 N–H and O–H groups in total. The summed E-state index contributed by atoms with van der Waals surface area (Å²) >= 11 is 1.48. The minimum atomic E-state index is -1.32. The number of carbonyl (C=O) groups excluding carboxylic acids is 2. The van der Waals surface area contributed by atoms with Crippen molar-refractivity contribution in [2.24, 2.45) is 5.73 Å². The van der Waals surface area contributed by atoms with Crippen LogP contribution in [-0.2, 0) is 11.0 Å². The number of H-pyrrole nitrogens is 1. The van der Waals surface area contributed by atoms with E-state index in [1.54, 1.807) is 17.5 Å². The predicted octanol–water partition coefficient (Wildman–Crippen LogP) is 1.79. The number of anilines is 1. The van der Waals surface area contributed by atoms with Gasteiger partial charge in [0.05, 0.1) is 5.69 Å². The first kappa shape index (κ1) is 25.8. The van der Waals surface area contributed by atoms with Gasteiger partial charge >= 0.3 is 6.03 Å². The molecule has 0 saturated carbocycles. The molecule has 0 spiro atoms. The lowest BCUT2D eigenvalue weighted by Gasteiger charge is -2.01. The number of carbonyl (C=O) groups is 2. The molecule has 2 aromatic rings. The molecule has 1 unspecified atom stereocenters. The van der Waals surface area contributed by atoms with Gasteiger partial charge in [-0.05, 0) is 25.3 Å². The van der Waals surface area contributed by atoms with Gasteiger partial charge < -0.3 is 21.1 Å². The Balaban J connectivity index is 0.000000442. The molecule has 0 aliphatic carbocycles. The highest BCUT2D eigenvalue weighted by Gasteiger charge is 2.12. The van der Waals surface area contributed by atoms with E-state index in [0.29, 0.717) is 5.69 Å². The van der Waals surface area contributed by atoms with E-state index in [1.165, 1.54) is 24.5 Å². The number of thiophene rings is 1. The molecule has 3 amide bonds. The predicted molar refractivity (Wildman–Crippen MR) is 115 cm³/mol. The molecule has 2 aromatic heterocycles. The second-order valence-corrected chi connectivity index (χ2v) is 6.89. The average Bonchev–Trinajstić information content (AvgIpc) is 3.12. The van der Waals surface area contributed by atoms with Crippen molar-refractivity contribution in [3.63, 3.8) is 0 Å². The fourth-order valence-corrected chi connectivity index (χ4v) is 2.41. The topological polar surface area (TPSA) is 167 Å². The Morgan fingerprint density at radius 2 is 2.10 bits per heavy atom. The number of hydrogen-bond donors (Lipinski definition) is 5. The monoisotopic (exact) mass is 441 g/mol. The Morgan fingerprint density at radius 1 is 1.45 bits per heavy atom. The lowest BCUT2D eigenvalue weighted by Crippen LogP contribution is -2.29. The van der Waals surface area contributed by atoms with E-state index >= 15 is 0 Å². The zero-order valence-corrected chi connectivity index (χ0v) is 17.7. The molecule has 10 nitrogen and oxygen atoms in total. The van der Waals surface area contributed by atoms with Gasteiger partial charge in [0.2, 0.25) is 5.75 Å². The molecule has 0 fully saturated rings. The highest BCUT2D eigenvalue weighted by atomic mass is 32.2. The summed E-state index contributed by atoms with van der Waals surface area (Å²) in [6.07, 6.45) is 6.97. The summed E-state index contributed by atoms with van der Waals surface area (Å²) in [7, 11) is -1.32. The average molecular weight is 442 g/mol. The first-order valence-electron chi connectivity index (χ1n) is 7.89. The molecule has 158 valence electrons. The number of nitrogens with two attached hydrogens (primary N) is 1. The van der Waals surface area contributed by atoms with Gasteiger partial charge in [-0.15, -0.1) is 0 Å². The number of rotatable bonds is 4. The van der Waals surface area contributed by atoms with Gasteiger partial charge in [-0.1, -0.05) is 24.8 Å². The zero-order chi connectivity index (χ0) is 22.4. The van der Waals surface area contributed by atoms with E-state index < -0.39 is 39.9 Å². The highest BCUT2D eigenvalue weighted by Crippen LogP contribution is 2.11. The maximum Gasteiger partial charge on any atom is 0.331 e. The van der Waals surface area contributed by atoms with Crippen LogP contribution in [0.25, 0.3) is 0 Å². The van der Waals surface area contributed by atoms with Crippen LogP contribution >= 0.6 is 11.3 Å². The van der Waals surface area contributed by atoms with E-state index in [1.807, 2.05) is 24.5 Å². The number of nitrogens with one attached hydrogen (secondary N) is 3. The van der Waals surface area contributed by atoms with Crippen molar-refractivity contribution < 1.29 is 18.9 Å². The van der Waals surface area contributed by atoms with E-state index in [4.69, 9.17) is 10.8 Å². The summed E-state index contributed by atoms with van der Waals surface area (Å²) < 4.78 is 12.7. The fraction of sp³-hybridized carbons (Fsp3) is 0.176. The lowest BCUT2D eigenvalue weighted by molar-refractivity contribution is 0.0992. The molecule has 0 bridgehead atoms. The lowest BCUT2D eigenvalue weighted by atomic mass is 10.3. The van der Waals surface area contributed by atoms with Gasteiger partial charge in [-0.3, -0.25) is 14.3 Å². The normalized spacial score (nSPS) is 10.6.